The molecule has 120 valence electrons. The second-order valence-electron chi connectivity index (χ2n) is 6.92. The largest absolute Gasteiger partial charge is 0.479 e. The fourth-order valence-electron chi connectivity index (χ4n) is 2.30. The van der Waals surface area contributed by atoms with Crippen LogP contribution in [0.15, 0.2) is 18.2 Å². The van der Waals surface area contributed by atoms with E-state index >= 15 is 0 Å². The van der Waals surface area contributed by atoms with Gasteiger partial charge in [-0.15, -0.1) is 0 Å². The Morgan fingerprint density at radius 3 is 2.77 bits per heavy atom. The number of ether oxygens (including phenoxy) is 1. The van der Waals surface area contributed by atoms with E-state index in [1.165, 1.54) is 0 Å². The topological polar surface area (TPSA) is 67.4 Å². The number of anilines is 1. The molecule has 5 nitrogen and oxygen atoms in total. The summed E-state index contributed by atoms with van der Waals surface area (Å²) < 4.78 is 5.51. The molecule has 1 aliphatic rings. The van der Waals surface area contributed by atoms with Crippen LogP contribution in [0.2, 0.25) is 0 Å². The Balaban J connectivity index is 1.88. The summed E-state index contributed by atoms with van der Waals surface area (Å²) >= 11 is 0. The van der Waals surface area contributed by atoms with E-state index < -0.39 is 6.10 Å². The number of benzene rings is 1. The third-order valence-corrected chi connectivity index (χ3v) is 3.40. The number of nitrogens with one attached hydrogen (secondary N) is 2. The van der Waals surface area contributed by atoms with E-state index in [4.69, 9.17) is 4.74 Å². The van der Waals surface area contributed by atoms with Crippen molar-refractivity contribution in [3.63, 3.8) is 0 Å². The van der Waals surface area contributed by atoms with E-state index in [9.17, 15) is 9.59 Å². The van der Waals surface area contributed by atoms with Crippen molar-refractivity contribution in [3.8, 4) is 5.75 Å². The molecule has 1 heterocycles. The van der Waals surface area contributed by atoms with E-state index in [2.05, 4.69) is 10.6 Å². The molecule has 0 aromatic heterocycles. The minimum Gasteiger partial charge on any atom is -0.479 e. The summed E-state index contributed by atoms with van der Waals surface area (Å²) in [5, 5.41) is 5.76. The average molecular weight is 304 g/mol. The molecule has 2 N–H and O–H groups in total. The van der Waals surface area contributed by atoms with E-state index in [1.54, 1.807) is 6.92 Å². The number of amides is 2. The quantitative estimate of drug-likeness (QED) is 0.898. The average Bonchev–Trinajstić information content (AvgIpc) is 2.38. The van der Waals surface area contributed by atoms with Gasteiger partial charge in [0.1, 0.15) is 5.75 Å². The molecular formula is C17H24N2O3. The minimum atomic E-state index is -0.463. The maximum atomic E-state index is 11.8. The zero-order valence-electron chi connectivity index (χ0n) is 13.7. The van der Waals surface area contributed by atoms with Gasteiger partial charge in [-0.05, 0) is 36.5 Å². The molecule has 1 aromatic carbocycles. The molecule has 0 radical (unpaired) electrons. The molecule has 1 atom stereocenters. The molecule has 1 aliphatic heterocycles. The molecule has 0 aliphatic carbocycles. The van der Waals surface area contributed by atoms with Crippen LogP contribution in [-0.4, -0.2) is 24.5 Å². The van der Waals surface area contributed by atoms with Crippen molar-refractivity contribution in [1.29, 1.82) is 0 Å². The third kappa shape index (κ3) is 4.48. The normalized spacial score (nSPS) is 17.3. The summed E-state index contributed by atoms with van der Waals surface area (Å²) in [7, 11) is 0. The Bertz CT molecular complexity index is 576. The maximum absolute atomic E-state index is 11.8. The van der Waals surface area contributed by atoms with Gasteiger partial charge in [-0.3, -0.25) is 9.59 Å². The zero-order chi connectivity index (χ0) is 16.3. The number of carbonyl (C=O) groups is 2. The predicted octanol–water partition coefficient (Wildman–Crippen LogP) is 2.50. The molecule has 2 amide bonds. The van der Waals surface area contributed by atoms with Gasteiger partial charge >= 0.3 is 0 Å². The SMILES string of the molecule is CC1Oc2ccc(CCNC(=O)CC(C)(C)C)cc2NC1=O. The first-order valence-electron chi connectivity index (χ1n) is 7.62. The Hall–Kier alpha value is -2.04. The van der Waals surface area contributed by atoms with Gasteiger partial charge in [0, 0.05) is 13.0 Å². The van der Waals surface area contributed by atoms with Crippen molar-refractivity contribution in [2.24, 2.45) is 5.41 Å². The van der Waals surface area contributed by atoms with Crippen LogP contribution >= 0.6 is 0 Å². The van der Waals surface area contributed by atoms with Gasteiger partial charge < -0.3 is 15.4 Å². The lowest BCUT2D eigenvalue weighted by Gasteiger charge is -2.23. The first-order valence-corrected chi connectivity index (χ1v) is 7.62. The lowest BCUT2D eigenvalue weighted by molar-refractivity contribution is -0.123. The summed E-state index contributed by atoms with van der Waals surface area (Å²) in [5.41, 5.74) is 1.74. The van der Waals surface area contributed by atoms with Crippen LogP contribution in [0.25, 0.3) is 0 Å². The fourth-order valence-corrected chi connectivity index (χ4v) is 2.30. The minimum absolute atomic E-state index is 0.00574. The lowest BCUT2D eigenvalue weighted by Crippen LogP contribution is -2.34. The summed E-state index contributed by atoms with van der Waals surface area (Å²) in [6.45, 7) is 8.43. The van der Waals surface area contributed by atoms with Gasteiger partial charge in [-0.1, -0.05) is 26.8 Å². The second kappa shape index (κ2) is 6.38. The molecule has 5 heteroatoms. The summed E-state index contributed by atoms with van der Waals surface area (Å²) in [5.74, 6) is 0.617. The number of carbonyl (C=O) groups excluding carboxylic acids is 2. The molecule has 0 saturated carbocycles. The Kier molecular flexibility index (Phi) is 4.74. The highest BCUT2D eigenvalue weighted by molar-refractivity contribution is 5.97. The molecule has 0 spiro atoms. The van der Waals surface area contributed by atoms with Crippen molar-refractivity contribution in [2.75, 3.05) is 11.9 Å². The molecule has 0 fully saturated rings. The summed E-state index contributed by atoms with van der Waals surface area (Å²) in [6.07, 6.45) is 0.767. The van der Waals surface area contributed by atoms with Crippen molar-refractivity contribution < 1.29 is 14.3 Å². The van der Waals surface area contributed by atoms with Gasteiger partial charge in [0.25, 0.3) is 5.91 Å². The van der Waals surface area contributed by atoms with Crippen LogP contribution in [0.3, 0.4) is 0 Å². The smallest absolute Gasteiger partial charge is 0.265 e. The van der Waals surface area contributed by atoms with Crippen molar-refractivity contribution in [2.45, 2.75) is 46.6 Å². The van der Waals surface area contributed by atoms with Crippen molar-refractivity contribution >= 4 is 17.5 Å². The van der Waals surface area contributed by atoms with Crippen LogP contribution in [-0.2, 0) is 16.0 Å². The van der Waals surface area contributed by atoms with Gasteiger partial charge in [-0.2, -0.15) is 0 Å². The molecular weight excluding hydrogens is 280 g/mol. The van der Waals surface area contributed by atoms with Crippen molar-refractivity contribution in [3.05, 3.63) is 23.8 Å². The first-order chi connectivity index (χ1) is 10.2. The highest BCUT2D eigenvalue weighted by Gasteiger charge is 2.23. The summed E-state index contributed by atoms with van der Waals surface area (Å²) in [4.78, 5) is 23.4. The van der Waals surface area contributed by atoms with E-state index in [0.717, 1.165) is 5.56 Å². The Morgan fingerprint density at radius 1 is 1.36 bits per heavy atom. The standard InChI is InChI=1S/C17H24N2O3/c1-11-16(21)19-13-9-12(5-6-14(13)22-11)7-8-18-15(20)10-17(2,3)4/h5-6,9,11H,7-8,10H2,1-4H3,(H,18,20)(H,19,21). The van der Waals surface area contributed by atoms with Crippen LogP contribution in [0, 0.1) is 5.41 Å². The molecule has 2 rings (SSSR count). The number of hydrogen-bond donors (Lipinski definition) is 2. The van der Waals surface area contributed by atoms with Crippen LogP contribution in [0.5, 0.6) is 5.75 Å². The number of rotatable bonds is 4. The van der Waals surface area contributed by atoms with Gasteiger partial charge in [0.2, 0.25) is 5.91 Å². The molecule has 1 unspecified atom stereocenters. The maximum Gasteiger partial charge on any atom is 0.265 e. The van der Waals surface area contributed by atoms with Gasteiger partial charge in [0.15, 0.2) is 6.10 Å². The third-order valence-electron chi connectivity index (χ3n) is 3.40. The van der Waals surface area contributed by atoms with Gasteiger partial charge in [-0.25, -0.2) is 0 Å². The van der Waals surface area contributed by atoms with Crippen LogP contribution < -0.4 is 15.4 Å². The number of fused-ring (bicyclic) bond motifs is 1. The lowest BCUT2D eigenvalue weighted by atomic mass is 9.92. The van der Waals surface area contributed by atoms with Gasteiger partial charge in [0.05, 0.1) is 5.69 Å². The molecule has 1 aromatic rings. The Labute approximate surface area is 131 Å². The fraction of sp³-hybridized carbons (Fsp3) is 0.529. The zero-order valence-corrected chi connectivity index (χ0v) is 13.7. The Morgan fingerprint density at radius 2 is 2.09 bits per heavy atom. The number of hydrogen-bond acceptors (Lipinski definition) is 3. The van der Waals surface area contributed by atoms with Crippen LogP contribution in [0.1, 0.15) is 39.7 Å². The molecule has 0 saturated heterocycles. The van der Waals surface area contributed by atoms with Crippen LogP contribution in [0.4, 0.5) is 5.69 Å². The highest BCUT2D eigenvalue weighted by Crippen LogP contribution is 2.30. The second-order valence-corrected chi connectivity index (χ2v) is 6.92. The summed E-state index contributed by atoms with van der Waals surface area (Å²) in [6, 6.07) is 5.71. The van der Waals surface area contributed by atoms with E-state index in [0.29, 0.717) is 30.8 Å². The predicted molar refractivity (Wildman–Crippen MR) is 85.9 cm³/mol. The van der Waals surface area contributed by atoms with Crippen molar-refractivity contribution in [1.82, 2.24) is 5.32 Å². The molecule has 0 bridgehead atoms. The monoisotopic (exact) mass is 304 g/mol. The first kappa shape index (κ1) is 16.3. The van der Waals surface area contributed by atoms with E-state index in [-0.39, 0.29) is 17.2 Å². The highest BCUT2D eigenvalue weighted by atomic mass is 16.5. The van der Waals surface area contributed by atoms with E-state index in [1.807, 2.05) is 39.0 Å². The molecule has 22 heavy (non-hydrogen) atoms.